The van der Waals surface area contributed by atoms with Crippen LogP contribution >= 0.6 is 0 Å². The number of nitrogens with zero attached hydrogens (tertiary/aromatic N) is 3. The molecule has 0 unspecified atom stereocenters. The van der Waals surface area contributed by atoms with E-state index in [4.69, 9.17) is 0 Å². The quantitative estimate of drug-likeness (QED) is 0.228. The Labute approximate surface area is 237 Å². The molecular formula is C36H38FN3. The van der Waals surface area contributed by atoms with Crippen LogP contribution in [-0.4, -0.2) is 15.0 Å². The van der Waals surface area contributed by atoms with Crippen molar-refractivity contribution in [3.05, 3.63) is 126 Å². The van der Waals surface area contributed by atoms with Gasteiger partial charge < -0.3 is 0 Å². The fourth-order valence-electron chi connectivity index (χ4n) is 4.51. The van der Waals surface area contributed by atoms with E-state index in [1.165, 1.54) is 28.0 Å². The maximum absolute atomic E-state index is 13.4. The van der Waals surface area contributed by atoms with Crippen LogP contribution in [0.5, 0.6) is 0 Å². The van der Waals surface area contributed by atoms with Gasteiger partial charge in [0, 0.05) is 34.7 Å². The molecule has 6 rings (SSSR count). The number of hydrogen-bond donors (Lipinski definition) is 0. The van der Waals surface area contributed by atoms with E-state index in [-0.39, 0.29) is 5.82 Å². The Morgan fingerprint density at radius 3 is 2.00 bits per heavy atom. The number of hydrogen-bond acceptors (Lipinski definition) is 3. The van der Waals surface area contributed by atoms with Gasteiger partial charge in [-0.1, -0.05) is 90.1 Å². The Morgan fingerprint density at radius 2 is 1.25 bits per heavy atom. The van der Waals surface area contributed by atoms with Gasteiger partial charge in [0.05, 0.1) is 11.0 Å². The summed E-state index contributed by atoms with van der Waals surface area (Å²) in [7, 11) is 0. The van der Waals surface area contributed by atoms with Gasteiger partial charge in [0.1, 0.15) is 11.3 Å². The second kappa shape index (κ2) is 13.3. The summed E-state index contributed by atoms with van der Waals surface area (Å²) in [5, 5.41) is 3.36. The summed E-state index contributed by atoms with van der Waals surface area (Å²) in [6.07, 6.45) is 5.43. The summed E-state index contributed by atoms with van der Waals surface area (Å²) in [4.78, 5) is 12.8. The molecule has 204 valence electrons. The Kier molecular flexibility index (Phi) is 9.55. The van der Waals surface area contributed by atoms with E-state index in [9.17, 15) is 4.39 Å². The monoisotopic (exact) mass is 531 g/mol. The summed E-state index contributed by atoms with van der Waals surface area (Å²) in [6, 6.07) is 28.1. The standard InChI is InChI=1S/C12H12FN.2C12H13N/c1-8(2)9-5-6-11(13)12-10(9)4-3-7-14-12;1-9(2)11-6-5-10-4-3-7-13-12(10)8-11;1-9(2)11-7-10-5-3-4-6-12(10)13-8-11/h3-8H,1-2H3;2*3-9H,1-2H3. The molecule has 0 bridgehead atoms. The molecule has 0 aliphatic carbocycles. The van der Waals surface area contributed by atoms with Crippen LogP contribution in [0.1, 0.15) is 76.0 Å². The zero-order valence-corrected chi connectivity index (χ0v) is 24.3. The minimum Gasteiger partial charge on any atom is -0.256 e. The lowest BCUT2D eigenvalue weighted by molar-refractivity contribution is 0.636. The molecule has 3 aromatic carbocycles. The number of halogens is 1. The van der Waals surface area contributed by atoms with Gasteiger partial charge in [0.15, 0.2) is 0 Å². The van der Waals surface area contributed by atoms with Crippen molar-refractivity contribution in [1.29, 1.82) is 0 Å². The average Bonchev–Trinajstić information content (AvgIpc) is 2.97. The molecule has 0 radical (unpaired) electrons. The highest BCUT2D eigenvalue weighted by Gasteiger charge is 2.08. The van der Waals surface area contributed by atoms with Crippen LogP contribution in [0.15, 0.2) is 104 Å². The molecule has 0 spiro atoms. The molecule has 0 N–H and O–H groups in total. The minimum atomic E-state index is -0.245. The fraction of sp³-hybridized carbons (Fsp3) is 0.250. The number of benzene rings is 3. The van der Waals surface area contributed by atoms with Crippen molar-refractivity contribution in [2.24, 2.45) is 0 Å². The summed E-state index contributed by atoms with van der Waals surface area (Å²) >= 11 is 0. The topological polar surface area (TPSA) is 38.7 Å². The van der Waals surface area contributed by atoms with Crippen molar-refractivity contribution in [1.82, 2.24) is 15.0 Å². The fourth-order valence-corrected chi connectivity index (χ4v) is 4.51. The molecule has 0 saturated heterocycles. The maximum atomic E-state index is 13.4. The van der Waals surface area contributed by atoms with Crippen molar-refractivity contribution in [3.63, 3.8) is 0 Å². The van der Waals surface area contributed by atoms with Crippen LogP contribution in [0.3, 0.4) is 0 Å². The van der Waals surface area contributed by atoms with Gasteiger partial charge in [0.25, 0.3) is 0 Å². The van der Waals surface area contributed by atoms with E-state index < -0.39 is 0 Å². The number of rotatable bonds is 3. The molecule has 0 aliphatic rings. The first kappa shape index (κ1) is 28.8. The third kappa shape index (κ3) is 7.06. The normalized spacial score (nSPS) is 11.1. The first-order chi connectivity index (χ1) is 19.2. The van der Waals surface area contributed by atoms with Gasteiger partial charge in [-0.3, -0.25) is 15.0 Å². The molecule has 0 saturated carbocycles. The van der Waals surface area contributed by atoms with Gasteiger partial charge in [-0.05, 0) is 70.8 Å². The molecule has 0 atom stereocenters. The highest BCUT2D eigenvalue weighted by molar-refractivity contribution is 5.83. The van der Waals surface area contributed by atoms with Gasteiger partial charge in [-0.15, -0.1) is 0 Å². The van der Waals surface area contributed by atoms with Crippen LogP contribution in [0.2, 0.25) is 0 Å². The lowest BCUT2D eigenvalue weighted by atomic mass is 9.98. The van der Waals surface area contributed by atoms with E-state index in [1.807, 2.05) is 54.9 Å². The zero-order chi connectivity index (χ0) is 28.6. The average molecular weight is 532 g/mol. The molecule has 6 aromatic rings. The first-order valence-electron chi connectivity index (χ1n) is 14.0. The lowest BCUT2D eigenvalue weighted by Gasteiger charge is -2.09. The van der Waals surface area contributed by atoms with Crippen molar-refractivity contribution >= 4 is 32.7 Å². The number of fused-ring (bicyclic) bond motifs is 3. The van der Waals surface area contributed by atoms with E-state index in [0.717, 1.165) is 22.0 Å². The first-order valence-corrected chi connectivity index (χ1v) is 14.0. The summed E-state index contributed by atoms with van der Waals surface area (Å²) in [5.41, 5.74) is 6.44. The van der Waals surface area contributed by atoms with Crippen LogP contribution < -0.4 is 0 Å². The van der Waals surface area contributed by atoms with E-state index in [1.54, 1.807) is 6.20 Å². The molecule has 0 fully saturated rings. The summed E-state index contributed by atoms with van der Waals surface area (Å²) < 4.78 is 13.4. The van der Waals surface area contributed by atoms with Crippen molar-refractivity contribution in [2.75, 3.05) is 0 Å². The number of para-hydroxylation sites is 1. The zero-order valence-electron chi connectivity index (χ0n) is 24.3. The third-order valence-corrected chi connectivity index (χ3v) is 6.95. The van der Waals surface area contributed by atoms with Crippen LogP contribution in [0.25, 0.3) is 32.7 Å². The Hall–Kier alpha value is -4.18. The minimum absolute atomic E-state index is 0.245. The molecular weight excluding hydrogens is 493 g/mol. The molecule has 0 amide bonds. The molecule has 40 heavy (non-hydrogen) atoms. The van der Waals surface area contributed by atoms with E-state index in [0.29, 0.717) is 23.3 Å². The Bertz CT molecular complexity index is 1620. The molecule has 0 aliphatic heterocycles. The van der Waals surface area contributed by atoms with Crippen molar-refractivity contribution < 1.29 is 4.39 Å². The number of aromatic nitrogens is 3. The van der Waals surface area contributed by atoms with Gasteiger partial charge in [0.2, 0.25) is 0 Å². The predicted octanol–water partition coefficient (Wildman–Crippen LogP) is 10.2. The second-order valence-corrected chi connectivity index (χ2v) is 10.9. The van der Waals surface area contributed by atoms with Crippen molar-refractivity contribution in [3.8, 4) is 0 Å². The third-order valence-electron chi connectivity index (χ3n) is 6.95. The maximum Gasteiger partial charge on any atom is 0.149 e. The smallest absolute Gasteiger partial charge is 0.149 e. The van der Waals surface area contributed by atoms with Gasteiger partial charge in [-0.2, -0.15) is 0 Å². The SMILES string of the molecule is CC(C)c1ccc(F)c2ncccc12.CC(C)c1ccc2cccnc2c1.CC(C)c1cnc2ccccc2c1. The molecule has 4 heteroatoms. The lowest BCUT2D eigenvalue weighted by Crippen LogP contribution is -1.92. The van der Waals surface area contributed by atoms with Crippen LogP contribution in [0.4, 0.5) is 4.39 Å². The summed E-state index contributed by atoms with van der Waals surface area (Å²) in [6.45, 7) is 13.0. The predicted molar refractivity (Wildman–Crippen MR) is 167 cm³/mol. The van der Waals surface area contributed by atoms with Crippen molar-refractivity contribution in [2.45, 2.75) is 59.3 Å². The highest BCUT2D eigenvalue weighted by atomic mass is 19.1. The second-order valence-electron chi connectivity index (χ2n) is 10.9. The Morgan fingerprint density at radius 1 is 0.550 bits per heavy atom. The molecule has 3 nitrogen and oxygen atoms in total. The Balaban J connectivity index is 0.000000139. The summed E-state index contributed by atoms with van der Waals surface area (Å²) in [5.74, 6) is 1.27. The van der Waals surface area contributed by atoms with Crippen LogP contribution in [0, 0.1) is 5.82 Å². The van der Waals surface area contributed by atoms with Crippen LogP contribution in [-0.2, 0) is 0 Å². The molecule has 3 heterocycles. The van der Waals surface area contributed by atoms with E-state index in [2.05, 4.69) is 92.9 Å². The van der Waals surface area contributed by atoms with E-state index >= 15 is 0 Å². The largest absolute Gasteiger partial charge is 0.256 e. The van der Waals surface area contributed by atoms with Gasteiger partial charge >= 0.3 is 0 Å². The number of pyridine rings is 3. The highest BCUT2D eigenvalue weighted by Crippen LogP contribution is 2.25. The van der Waals surface area contributed by atoms with Gasteiger partial charge in [-0.25, -0.2) is 4.39 Å². The molecule has 3 aromatic heterocycles.